The van der Waals surface area contributed by atoms with Gasteiger partial charge in [-0.3, -0.25) is 4.79 Å². The Balaban J connectivity index is 2.25. The molecular weight excluding hydrogens is 176 g/mol. The second-order valence-corrected chi connectivity index (χ2v) is 5.90. The molecule has 2 aliphatic rings. The SMILES string of the molecule is CC(=O)OC1C(C)(C)[C@@H]2CC[C@@]1(C)C2. The van der Waals surface area contributed by atoms with E-state index >= 15 is 0 Å². The molecule has 0 aliphatic heterocycles. The molecule has 2 heteroatoms. The molecule has 0 heterocycles. The third kappa shape index (κ3) is 1.19. The van der Waals surface area contributed by atoms with Crippen molar-refractivity contribution in [2.75, 3.05) is 0 Å². The Morgan fingerprint density at radius 1 is 1.36 bits per heavy atom. The average Bonchev–Trinajstić information content (AvgIpc) is 2.49. The number of hydrogen-bond donors (Lipinski definition) is 0. The first-order chi connectivity index (χ1) is 6.36. The highest BCUT2D eigenvalue weighted by atomic mass is 16.5. The molecule has 2 saturated carbocycles. The van der Waals surface area contributed by atoms with Gasteiger partial charge in [0.2, 0.25) is 0 Å². The second kappa shape index (κ2) is 2.74. The van der Waals surface area contributed by atoms with E-state index in [1.165, 1.54) is 26.2 Å². The number of ether oxygens (including phenoxy) is 1. The molecular formula is C12H20O2. The molecule has 2 bridgehead atoms. The summed E-state index contributed by atoms with van der Waals surface area (Å²) in [7, 11) is 0. The first-order valence-electron chi connectivity index (χ1n) is 5.53. The monoisotopic (exact) mass is 196 g/mol. The summed E-state index contributed by atoms with van der Waals surface area (Å²) in [6, 6.07) is 0. The molecule has 0 amide bonds. The van der Waals surface area contributed by atoms with Crippen LogP contribution in [0.5, 0.6) is 0 Å². The van der Waals surface area contributed by atoms with Crippen molar-refractivity contribution >= 4 is 5.97 Å². The van der Waals surface area contributed by atoms with E-state index in [4.69, 9.17) is 4.74 Å². The van der Waals surface area contributed by atoms with E-state index in [1.54, 1.807) is 0 Å². The molecule has 2 nitrogen and oxygen atoms in total. The van der Waals surface area contributed by atoms with Crippen molar-refractivity contribution in [1.29, 1.82) is 0 Å². The highest BCUT2D eigenvalue weighted by Crippen LogP contribution is 2.63. The molecule has 0 N–H and O–H groups in total. The van der Waals surface area contributed by atoms with Crippen LogP contribution in [0.3, 0.4) is 0 Å². The summed E-state index contributed by atoms with van der Waals surface area (Å²) >= 11 is 0. The minimum Gasteiger partial charge on any atom is -0.461 e. The zero-order valence-electron chi connectivity index (χ0n) is 9.59. The summed E-state index contributed by atoms with van der Waals surface area (Å²) < 4.78 is 5.52. The van der Waals surface area contributed by atoms with Gasteiger partial charge < -0.3 is 4.74 Å². The van der Waals surface area contributed by atoms with Crippen LogP contribution in [-0.4, -0.2) is 12.1 Å². The first kappa shape index (κ1) is 10.0. The van der Waals surface area contributed by atoms with Crippen molar-refractivity contribution in [2.45, 2.75) is 53.1 Å². The van der Waals surface area contributed by atoms with E-state index < -0.39 is 0 Å². The zero-order valence-corrected chi connectivity index (χ0v) is 9.59. The van der Waals surface area contributed by atoms with Crippen LogP contribution in [0.2, 0.25) is 0 Å². The number of carbonyl (C=O) groups excluding carboxylic acids is 1. The summed E-state index contributed by atoms with van der Waals surface area (Å²) in [6.07, 6.45) is 3.89. The lowest BCUT2D eigenvalue weighted by Crippen LogP contribution is -2.43. The Hall–Kier alpha value is -0.530. The van der Waals surface area contributed by atoms with Crippen LogP contribution in [0.15, 0.2) is 0 Å². The summed E-state index contributed by atoms with van der Waals surface area (Å²) in [6.45, 7) is 8.28. The molecule has 3 atom stereocenters. The van der Waals surface area contributed by atoms with Gasteiger partial charge in [-0.1, -0.05) is 20.8 Å². The Morgan fingerprint density at radius 2 is 2.00 bits per heavy atom. The zero-order chi connectivity index (χ0) is 10.6. The van der Waals surface area contributed by atoms with E-state index in [2.05, 4.69) is 20.8 Å². The third-order valence-electron chi connectivity index (χ3n) is 4.42. The maximum Gasteiger partial charge on any atom is 0.302 e. The van der Waals surface area contributed by atoms with E-state index in [9.17, 15) is 4.79 Å². The minimum absolute atomic E-state index is 0.128. The van der Waals surface area contributed by atoms with Gasteiger partial charge in [-0.25, -0.2) is 0 Å². The molecule has 0 saturated heterocycles. The smallest absolute Gasteiger partial charge is 0.302 e. The van der Waals surface area contributed by atoms with E-state index in [0.717, 1.165) is 5.92 Å². The van der Waals surface area contributed by atoms with E-state index in [0.29, 0.717) is 0 Å². The fraction of sp³-hybridized carbons (Fsp3) is 0.917. The normalized spacial score (nSPS) is 44.0. The molecule has 0 aromatic carbocycles. The van der Waals surface area contributed by atoms with Crippen LogP contribution in [0, 0.1) is 16.7 Å². The number of esters is 1. The van der Waals surface area contributed by atoms with Crippen molar-refractivity contribution in [3.05, 3.63) is 0 Å². The maximum atomic E-state index is 11.1. The van der Waals surface area contributed by atoms with Gasteiger partial charge in [-0.15, -0.1) is 0 Å². The van der Waals surface area contributed by atoms with Crippen LogP contribution >= 0.6 is 0 Å². The van der Waals surface area contributed by atoms with Crippen molar-refractivity contribution in [1.82, 2.24) is 0 Å². The van der Waals surface area contributed by atoms with Crippen molar-refractivity contribution < 1.29 is 9.53 Å². The fourth-order valence-electron chi connectivity index (χ4n) is 3.72. The molecule has 2 aliphatic carbocycles. The minimum atomic E-state index is -0.128. The van der Waals surface area contributed by atoms with Crippen molar-refractivity contribution in [3.8, 4) is 0 Å². The predicted molar refractivity (Wildman–Crippen MR) is 54.8 cm³/mol. The molecule has 2 fully saturated rings. The van der Waals surface area contributed by atoms with Crippen molar-refractivity contribution in [2.24, 2.45) is 16.7 Å². The highest BCUT2D eigenvalue weighted by molar-refractivity contribution is 5.66. The molecule has 1 unspecified atom stereocenters. The molecule has 2 rings (SSSR count). The number of fused-ring (bicyclic) bond motifs is 2. The fourth-order valence-corrected chi connectivity index (χ4v) is 3.72. The largest absolute Gasteiger partial charge is 0.461 e. The highest BCUT2D eigenvalue weighted by Gasteiger charge is 2.61. The predicted octanol–water partition coefficient (Wildman–Crippen LogP) is 2.76. The van der Waals surface area contributed by atoms with Crippen LogP contribution < -0.4 is 0 Å². The molecule has 0 aromatic heterocycles. The topological polar surface area (TPSA) is 26.3 Å². The summed E-state index contributed by atoms with van der Waals surface area (Å²) in [5, 5.41) is 0. The van der Waals surface area contributed by atoms with Crippen LogP contribution in [0.4, 0.5) is 0 Å². The lowest BCUT2D eigenvalue weighted by Gasteiger charge is -2.41. The van der Waals surface area contributed by atoms with Gasteiger partial charge in [0.15, 0.2) is 0 Å². The van der Waals surface area contributed by atoms with E-state index in [1.807, 2.05) is 0 Å². The summed E-state index contributed by atoms with van der Waals surface area (Å²) in [5.74, 6) is 0.619. The standard InChI is InChI=1S/C12H20O2/c1-8(13)14-10-11(2,3)9-5-6-12(10,4)7-9/h9-10H,5-7H2,1-4H3/t9-,10?,12+/m1/s1. The van der Waals surface area contributed by atoms with E-state index in [-0.39, 0.29) is 22.9 Å². The molecule has 0 radical (unpaired) electrons. The van der Waals surface area contributed by atoms with Gasteiger partial charge in [-0.05, 0) is 25.2 Å². The van der Waals surface area contributed by atoms with Gasteiger partial charge in [0.25, 0.3) is 0 Å². The lowest BCUT2D eigenvalue weighted by atomic mass is 9.70. The third-order valence-corrected chi connectivity index (χ3v) is 4.42. The number of carbonyl (C=O) groups is 1. The van der Waals surface area contributed by atoms with Gasteiger partial charge in [-0.2, -0.15) is 0 Å². The van der Waals surface area contributed by atoms with Gasteiger partial charge in [0, 0.05) is 17.8 Å². The quantitative estimate of drug-likeness (QED) is 0.603. The molecule has 0 aromatic rings. The van der Waals surface area contributed by atoms with Gasteiger partial charge in [0.05, 0.1) is 0 Å². The molecule has 14 heavy (non-hydrogen) atoms. The number of hydrogen-bond acceptors (Lipinski definition) is 2. The average molecular weight is 196 g/mol. The maximum absolute atomic E-state index is 11.1. The Morgan fingerprint density at radius 3 is 2.43 bits per heavy atom. The molecule has 0 spiro atoms. The van der Waals surface area contributed by atoms with Crippen molar-refractivity contribution in [3.63, 3.8) is 0 Å². The Labute approximate surface area is 86.0 Å². The van der Waals surface area contributed by atoms with Gasteiger partial charge in [0.1, 0.15) is 6.10 Å². The molecule has 80 valence electrons. The second-order valence-electron chi connectivity index (χ2n) is 5.90. The Kier molecular flexibility index (Phi) is 1.96. The summed E-state index contributed by atoms with van der Waals surface area (Å²) in [5.41, 5.74) is 0.429. The van der Waals surface area contributed by atoms with Crippen LogP contribution in [0.25, 0.3) is 0 Å². The van der Waals surface area contributed by atoms with Crippen LogP contribution in [0.1, 0.15) is 47.0 Å². The Bertz CT molecular complexity index is 265. The summed E-state index contributed by atoms with van der Waals surface area (Å²) in [4.78, 5) is 11.1. The number of rotatable bonds is 1. The first-order valence-corrected chi connectivity index (χ1v) is 5.53. The van der Waals surface area contributed by atoms with Crippen LogP contribution in [-0.2, 0) is 9.53 Å². The lowest BCUT2D eigenvalue weighted by molar-refractivity contribution is -0.161. The van der Waals surface area contributed by atoms with Gasteiger partial charge >= 0.3 is 5.97 Å².